The van der Waals surface area contributed by atoms with E-state index in [4.69, 9.17) is 12.2 Å². The van der Waals surface area contributed by atoms with E-state index in [2.05, 4.69) is 5.10 Å². The van der Waals surface area contributed by atoms with Crippen molar-refractivity contribution in [2.45, 2.75) is 13.8 Å². The Morgan fingerprint density at radius 2 is 1.94 bits per heavy atom. The van der Waals surface area contributed by atoms with Crippen molar-refractivity contribution in [1.29, 1.82) is 0 Å². The number of thiocarbonyl (C=S) groups is 1. The Morgan fingerprint density at radius 1 is 1.19 bits per heavy atom. The van der Waals surface area contributed by atoms with Gasteiger partial charge in [-0.1, -0.05) is 68.2 Å². The molecule has 0 atom stereocenters. The number of aromatic nitrogens is 2. The highest BCUT2D eigenvalue weighted by molar-refractivity contribution is 8.26. The number of thioether (sulfide) groups is 1. The van der Waals surface area contributed by atoms with Gasteiger partial charge in [0.25, 0.3) is 11.6 Å². The van der Waals surface area contributed by atoms with Crippen LogP contribution in [-0.4, -0.2) is 36.4 Å². The summed E-state index contributed by atoms with van der Waals surface area (Å²) >= 11 is 6.67. The Labute approximate surface area is 194 Å². The smallest absolute Gasteiger partial charge is 0.270 e. The van der Waals surface area contributed by atoms with E-state index in [0.29, 0.717) is 32.6 Å². The SMILES string of the molecule is CC(C)CN1C(=O)/C(=C\c2cn(-c3ccccc3)nc2-c2cccc([N+](=O)[O-])c2)SC1=S. The number of nitro benzene ring substituents is 1. The molecule has 1 saturated heterocycles. The predicted octanol–water partition coefficient (Wildman–Crippen LogP) is 5.30. The number of hydrogen-bond acceptors (Lipinski definition) is 6. The number of amides is 1. The van der Waals surface area contributed by atoms with Crippen LogP contribution < -0.4 is 0 Å². The normalized spacial score (nSPS) is 15.2. The largest absolute Gasteiger partial charge is 0.293 e. The van der Waals surface area contributed by atoms with Gasteiger partial charge in [-0.3, -0.25) is 19.8 Å². The minimum absolute atomic E-state index is 0.0223. The Morgan fingerprint density at radius 3 is 2.62 bits per heavy atom. The third kappa shape index (κ3) is 4.49. The number of para-hydroxylation sites is 1. The van der Waals surface area contributed by atoms with Crippen LogP contribution in [-0.2, 0) is 4.79 Å². The van der Waals surface area contributed by atoms with E-state index < -0.39 is 4.92 Å². The summed E-state index contributed by atoms with van der Waals surface area (Å²) in [5.74, 6) is 0.157. The summed E-state index contributed by atoms with van der Waals surface area (Å²) in [6.07, 6.45) is 3.58. The lowest BCUT2D eigenvalue weighted by atomic mass is 10.1. The third-order valence-electron chi connectivity index (χ3n) is 4.80. The van der Waals surface area contributed by atoms with E-state index in [9.17, 15) is 14.9 Å². The van der Waals surface area contributed by atoms with Crippen LogP contribution in [0.4, 0.5) is 5.69 Å². The summed E-state index contributed by atoms with van der Waals surface area (Å²) in [5.41, 5.74) is 2.64. The molecule has 1 amide bonds. The van der Waals surface area contributed by atoms with Crippen molar-refractivity contribution in [3.05, 3.63) is 81.4 Å². The topological polar surface area (TPSA) is 81.3 Å². The second kappa shape index (κ2) is 9.05. The first-order chi connectivity index (χ1) is 15.3. The Kier molecular flexibility index (Phi) is 6.20. The molecule has 32 heavy (non-hydrogen) atoms. The van der Waals surface area contributed by atoms with Gasteiger partial charge < -0.3 is 0 Å². The van der Waals surface area contributed by atoms with E-state index in [1.165, 1.54) is 23.9 Å². The Bertz CT molecular complexity index is 1240. The van der Waals surface area contributed by atoms with Gasteiger partial charge in [-0.25, -0.2) is 4.68 Å². The van der Waals surface area contributed by atoms with Crippen LogP contribution in [0.2, 0.25) is 0 Å². The van der Waals surface area contributed by atoms with Crippen LogP contribution in [0.3, 0.4) is 0 Å². The molecular formula is C23H20N4O3S2. The van der Waals surface area contributed by atoms with Crippen LogP contribution in [0.25, 0.3) is 23.0 Å². The molecule has 1 fully saturated rings. The Balaban J connectivity index is 1.81. The van der Waals surface area contributed by atoms with Gasteiger partial charge in [0.05, 0.1) is 15.5 Å². The maximum absolute atomic E-state index is 13.0. The number of carbonyl (C=O) groups is 1. The molecule has 3 aromatic rings. The van der Waals surface area contributed by atoms with Crippen LogP contribution in [0.15, 0.2) is 65.7 Å². The van der Waals surface area contributed by atoms with Crippen molar-refractivity contribution in [3.63, 3.8) is 0 Å². The number of non-ortho nitro benzene ring substituents is 1. The number of nitrogens with zero attached hydrogens (tertiary/aromatic N) is 4. The molecule has 1 aliphatic heterocycles. The lowest BCUT2D eigenvalue weighted by Crippen LogP contribution is -2.31. The summed E-state index contributed by atoms with van der Waals surface area (Å²) < 4.78 is 2.23. The first kappa shape index (κ1) is 21.9. The van der Waals surface area contributed by atoms with Crippen molar-refractivity contribution < 1.29 is 9.72 Å². The second-order valence-electron chi connectivity index (χ2n) is 7.71. The predicted molar refractivity (Wildman–Crippen MR) is 130 cm³/mol. The highest BCUT2D eigenvalue weighted by atomic mass is 32.2. The highest BCUT2D eigenvalue weighted by Crippen LogP contribution is 2.35. The Hall–Kier alpha value is -3.30. The average molecular weight is 465 g/mol. The number of nitro groups is 1. The zero-order valence-corrected chi connectivity index (χ0v) is 19.1. The van der Waals surface area contributed by atoms with E-state index >= 15 is 0 Å². The zero-order valence-electron chi connectivity index (χ0n) is 17.5. The fourth-order valence-corrected chi connectivity index (χ4v) is 4.63. The molecule has 0 unspecified atom stereocenters. The van der Waals surface area contributed by atoms with Crippen molar-refractivity contribution in [2.24, 2.45) is 5.92 Å². The summed E-state index contributed by atoms with van der Waals surface area (Å²) in [5, 5.41) is 16.0. The van der Waals surface area contributed by atoms with Gasteiger partial charge in [0, 0.05) is 36.0 Å². The maximum Gasteiger partial charge on any atom is 0.270 e. The van der Waals surface area contributed by atoms with E-state index in [0.717, 1.165) is 5.69 Å². The quantitative estimate of drug-likeness (QED) is 0.213. The van der Waals surface area contributed by atoms with E-state index in [-0.39, 0.29) is 17.5 Å². The van der Waals surface area contributed by atoms with Gasteiger partial charge in [0.2, 0.25) is 0 Å². The summed E-state index contributed by atoms with van der Waals surface area (Å²) in [6, 6.07) is 15.9. The molecule has 0 bridgehead atoms. The fraction of sp³-hybridized carbons (Fsp3) is 0.174. The molecule has 0 aliphatic carbocycles. The van der Waals surface area contributed by atoms with Gasteiger partial charge in [-0.2, -0.15) is 5.10 Å². The van der Waals surface area contributed by atoms with E-state index in [1.54, 1.807) is 27.8 Å². The highest BCUT2D eigenvalue weighted by Gasteiger charge is 2.32. The first-order valence-electron chi connectivity index (χ1n) is 9.99. The lowest BCUT2D eigenvalue weighted by molar-refractivity contribution is -0.384. The van der Waals surface area contributed by atoms with Gasteiger partial charge in [-0.05, 0) is 24.1 Å². The van der Waals surface area contributed by atoms with Crippen molar-refractivity contribution >= 4 is 46.0 Å². The molecule has 1 aliphatic rings. The molecule has 2 aromatic carbocycles. The van der Waals surface area contributed by atoms with Crippen molar-refractivity contribution in [3.8, 4) is 16.9 Å². The molecule has 162 valence electrons. The summed E-state index contributed by atoms with van der Waals surface area (Å²) in [6.45, 7) is 4.63. The van der Waals surface area contributed by atoms with Crippen LogP contribution in [0.5, 0.6) is 0 Å². The zero-order chi connectivity index (χ0) is 22.8. The maximum atomic E-state index is 13.0. The van der Waals surface area contributed by atoms with Crippen LogP contribution >= 0.6 is 24.0 Å². The van der Waals surface area contributed by atoms with Gasteiger partial charge in [0.1, 0.15) is 10.0 Å². The lowest BCUT2D eigenvalue weighted by Gasteiger charge is -2.16. The number of hydrogen-bond donors (Lipinski definition) is 0. The van der Waals surface area contributed by atoms with Crippen LogP contribution in [0, 0.1) is 16.0 Å². The monoisotopic (exact) mass is 464 g/mol. The van der Waals surface area contributed by atoms with Crippen molar-refractivity contribution in [2.75, 3.05) is 6.54 Å². The van der Waals surface area contributed by atoms with Gasteiger partial charge in [0.15, 0.2) is 0 Å². The molecular weight excluding hydrogens is 444 g/mol. The second-order valence-corrected chi connectivity index (χ2v) is 9.38. The molecule has 7 nitrogen and oxygen atoms in total. The molecule has 1 aromatic heterocycles. The fourth-order valence-electron chi connectivity index (χ4n) is 3.36. The van der Waals surface area contributed by atoms with Gasteiger partial charge in [-0.15, -0.1) is 0 Å². The number of rotatable bonds is 6. The molecule has 9 heteroatoms. The summed E-state index contributed by atoms with van der Waals surface area (Å²) in [4.78, 5) is 25.9. The van der Waals surface area contributed by atoms with E-state index in [1.807, 2.05) is 50.4 Å². The average Bonchev–Trinajstić information content (AvgIpc) is 3.31. The minimum atomic E-state index is -0.436. The molecule has 0 N–H and O–H groups in total. The minimum Gasteiger partial charge on any atom is -0.293 e. The van der Waals surface area contributed by atoms with Gasteiger partial charge >= 0.3 is 0 Å². The molecule has 0 spiro atoms. The number of benzene rings is 2. The third-order valence-corrected chi connectivity index (χ3v) is 6.18. The number of carbonyl (C=O) groups excluding carboxylic acids is 1. The molecule has 4 rings (SSSR count). The van der Waals surface area contributed by atoms with Crippen LogP contribution in [0.1, 0.15) is 19.4 Å². The molecule has 0 radical (unpaired) electrons. The summed E-state index contributed by atoms with van der Waals surface area (Å²) in [7, 11) is 0. The standard InChI is InChI=1S/C23H20N4O3S2/c1-15(2)13-25-22(28)20(32-23(25)31)12-17-14-26(18-8-4-3-5-9-18)24-21(17)16-7-6-10-19(11-16)27(29)30/h3-12,14-15H,13H2,1-2H3/b20-12+. The van der Waals surface area contributed by atoms with Crippen molar-refractivity contribution in [1.82, 2.24) is 14.7 Å². The molecule has 2 heterocycles. The molecule has 0 saturated carbocycles. The first-order valence-corrected chi connectivity index (χ1v) is 11.2.